The number of aryl methyl sites for hydroxylation is 1. The third-order valence-corrected chi connectivity index (χ3v) is 4.37. The van der Waals surface area contributed by atoms with Gasteiger partial charge in [0.15, 0.2) is 5.75 Å². The van der Waals surface area contributed by atoms with E-state index in [1.165, 1.54) is 35.0 Å². The van der Waals surface area contributed by atoms with Gasteiger partial charge in [0.2, 0.25) is 11.3 Å². The first kappa shape index (κ1) is 21.2. The maximum atomic E-state index is 13.1. The number of anilines is 1. The Morgan fingerprint density at radius 1 is 1.07 bits per heavy atom. The molecule has 3 aromatic rings. The first-order chi connectivity index (χ1) is 14.2. The molecule has 156 valence electrons. The van der Waals surface area contributed by atoms with E-state index in [9.17, 15) is 22.8 Å². The zero-order valence-corrected chi connectivity index (χ0v) is 16.1. The molecule has 1 amide bonds. The number of rotatable bonds is 6. The molecule has 1 heterocycles. The minimum absolute atomic E-state index is 0.0490. The largest absolute Gasteiger partial charge is 0.483 e. The van der Waals surface area contributed by atoms with Gasteiger partial charge in [-0.1, -0.05) is 42.5 Å². The average Bonchev–Trinajstić information content (AvgIpc) is 2.69. The maximum absolute atomic E-state index is 13.1. The number of nitrogens with one attached hydrogen (secondary N) is 1. The molecule has 0 spiro atoms. The number of pyridine rings is 1. The second-order valence-electron chi connectivity index (χ2n) is 6.64. The molecule has 0 aliphatic carbocycles. The van der Waals surface area contributed by atoms with Gasteiger partial charge in [-0.3, -0.25) is 9.59 Å². The summed E-state index contributed by atoms with van der Waals surface area (Å²) < 4.78 is 46.3. The van der Waals surface area contributed by atoms with Crippen LogP contribution in [-0.2, 0) is 24.1 Å². The summed E-state index contributed by atoms with van der Waals surface area (Å²) in [5.41, 5.74) is -0.254. The first-order valence-corrected chi connectivity index (χ1v) is 9.08. The van der Waals surface area contributed by atoms with Crippen molar-refractivity contribution in [3.8, 4) is 5.75 Å². The molecular formula is C22H19F3N2O3. The van der Waals surface area contributed by atoms with Gasteiger partial charge in [-0.15, -0.1) is 0 Å². The zero-order valence-electron chi connectivity index (χ0n) is 16.1. The standard InChI is InChI=1S/C22H19F3N2O3/c1-15-11-19(28)20(30-14-16-7-3-2-4-8-16)12-27(15)13-21(29)26-18-10-6-5-9-17(18)22(23,24)25/h2-12H,13-14H2,1H3,(H,26,29). The van der Waals surface area contributed by atoms with Gasteiger partial charge in [0.25, 0.3) is 0 Å². The second kappa shape index (κ2) is 8.86. The molecule has 5 nitrogen and oxygen atoms in total. The van der Waals surface area contributed by atoms with Gasteiger partial charge in [0.05, 0.1) is 17.4 Å². The van der Waals surface area contributed by atoms with Crippen LogP contribution in [0.2, 0.25) is 0 Å². The van der Waals surface area contributed by atoms with Gasteiger partial charge < -0.3 is 14.6 Å². The van der Waals surface area contributed by atoms with Crippen LogP contribution in [0.3, 0.4) is 0 Å². The van der Waals surface area contributed by atoms with Gasteiger partial charge in [-0.25, -0.2) is 0 Å². The minimum atomic E-state index is -4.59. The molecule has 0 fully saturated rings. The quantitative estimate of drug-likeness (QED) is 0.648. The van der Waals surface area contributed by atoms with E-state index in [0.717, 1.165) is 11.6 Å². The number of carbonyl (C=O) groups is 1. The van der Waals surface area contributed by atoms with E-state index in [0.29, 0.717) is 5.69 Å². The zero-order chi connectivity index (χ0) is 21.7. The van der Waals surface area contributed by atoms with Crippen LogP contribution >= 0.6 is 0 Å². The number of alkyl halides is 3. The molecule has 1 aromatic heterocycles. The van der Waals surface area contributed by atoms with E-state index in [-0.39, 0.29) is 30.0 Å². The van der Waals surface area contributed by atoms with Gasteiger partial charge >= 0.3 is 6.18 Å². The highest BCUT2D eigenvalue weighted by Gasteiger charge is 2.33. The summed E-state index contributed by atoms with van der Waals surface area (Å²) in [5.74, 6) is -0.611. The fourth-order valence-corrected chi connectivity index (χ4v) is 2.85. The van der Waals surface area contributed by atoms with Gasteiger partial charge in [-0.05, 0) is 24.6 Å². The van der Waals surface area contributed by atoms with Crippen molar-refractivity contribution in [1.29, 1.82) is 0 Å². The number of halogens is 3. The van der Waals surface area contributed by atoms with Crippen molar-refractivity contribution in [2.45, 2.75) is 26.3 Å². The van der Waals surface area contributed by atoms with Crippen LogP contribution in [-0.4, -0.2) is 10.5 Å². The molecule has 0 radical (unpaired) electrons. The summed E-state index contributed by atoms with van der Waals surface area (Å²) in [5, 5.41) is 2.29. The van der Waals surface area contributed by atoms with Crippen molar-refractivity contribution in [3.63, 3.8) is 0 Å². The number of amides is 1. The van der Waals surface area contributed by atoms with Crippen molar-refractivity contribution >= 4 is 11.6 Å². The molecule has 0 aliphatic rings. The second-order valence-corrected chi connectivity index (χ2v) is 6.64. The van der Waals surface area contributed by atoms with E-state index in [1.54, 1.807) is 6.92 Å². The Balaban J connectivity index is 1.75. The summed E-state index contributed by atoms with van der Waals surface area (Å²) in [6, 6.07) is 15.3. The summed E-state index contributed by atoms with van der Waals surface area (Å²) in [6.45, 7) is 1.52. The molecule has 0 saturated heterocycles. The van der Waals surface area contributed by atoms with Gasteiger partial charge in [0.1, 0.15) is 13.2 Å². The van der Waals surface area contributed by atoms with Gasteiger partial charge in [-0.2, -0.15) is 13.2 Å². The predicted molar refractivity (Wildman–Crippen MR) is 106 cm³/mol. The number of benzene rings is 2. The fourth-order valence-electron chi connectivity index (χ4n) is 2.85. The van der Waals surface area contributed by atoms with Crippen LogP contribution in [0.4, 0.5) is 18.9 Å². The molecule has 1 N–H and O–H groups in total. The van der Waals surface area contributed by atoms with Gasteiger partial charge in [0, 0.05) is 11.8 Å². The van der Waals surface area contributed by atoms with Crippen molar-refractivity contribution in [2.75, 3.05) is 5.32 Å². The average molecular weight is 416 g/mol. The Bertz CT molecular complexity index is 1090. The smallest absolute Gasteiger partial charge is 0.418 e. The molecule has 2 aromatic carbocycles. The summed E-state index contributed by atoms with van der Waals surface area (Å²) in [7, 11) is 0. The van der Waals surface area contributed by atoms with Crippen molar-refractivity contribution in [2.24, 2.45) is 0 Å². The SMILES string of the molecule is Cc1cc(=O)c(OCc2ccccc2)cn1CC(=O)Nc1ccccc1C(F)(F)F. The third kappa shape index (κ3) is 5.28. The van der Waals surface area contributed by atoms with Crippen LogP contribution in [0.5, 0.6) is 5.75 Å². The summed E-state index contributed by atoms with van der Waals surface area (Å²) in [6.07, 6.45) is -3.20. The fraction of sp³-hybridized carbons (Fsp3) is 0.182. The highest BCUT2D eigenvalue weighted by Crippen LogP contribution is 2.34. The Morgan fingerprint density at radius 3 is 2.43 bits per heavy atom. The Kier molecular flexibility index (Phi) is 6.25. The third-order valence-electron chi connectivity index (χ3n) is 4.37. The summed E-state index contributed by atoms with van der Waals surface area (Å²) in [4.78, 5) is 24.6. The lowest BCUT2D eigenvalue weighted by atomic mass is 10.1. The highest BCUT2D eigenvalue weighted by atomic mass is 19.4. The van der Waals surface area contributed by atoms with Crippen molar-refractivity contribution < 1.29 is 22.7 Å². The topological polar surface area (TPSA) is 60.3 Å². The molecule has 8 heteroatoms. The van der Waals surface area contributed by atoms with E-state index >= 15 is 0 Å². The lowest BCUT2D eigenvalue weighted by Gasteiger charge is -2.16. The van der Waals surface area contributed by atoms with E-state index in [2.05, 4.69) is 5.32 Å². The maximum Gasteiger partial charge on any atom is 0.418 e. The van der Waals surface area contributed by atoms with Crippen LogP contribution in [0.15, 0.2) is 71.7 Å². The Morgan fingerprint density at radius 2 is 1.73 bits per heavy atom. The van der Waals surface area contributed by atoms with E-state index in [1.807, 2.05) is 30.3 Å². The Hall–Kier alpha value is -3.55. The molecule has 0 aliphatic heterocycles. The monoisotopic (exact) mass is 416 g/mol. The lowest BCUT2D eigenvalue weighted by molar-refractivity contribution is -0.137. The van der Waals surface area contributed by atoms with Crippen LogP contribution < -0.4 is 15.5 Å². The number of hydrogen-bond acceptors (Lipinski definition) is 3. The number of ether oxygens (including phenoxy) is 1. The summed E-state index contributed by atoms with van der Waals surface area (Å²) >= 11 is 0. The minimum Gasteiger partial charge on any atom is -0.483 e. The molecule has 0 saturated carbocycles. The molecule has 0 bridgehead atoms. The molecule has 3 rings (SSSR count). The number of para-hydroxylation sites is 1. The van der Waals surface area contributed by atoms with Crippen molar-refractivity contribution in [3.05, 3.63) is 93.9 Å². The lowest BCUT2D eigenvalue weighted by Crippen LogP contribution is -2.23. The predicted octanol–water partition coefficient (Wildman–Crippen LogP) is 4.39. The van der Waals surface area contributed by atoms with E-state index in [4.69, 9.17) is 4.74 Å². The van der Waals surface area contributed by atoms with Crippen LogP contribution in [0.1, 0.15) is 16.8 Å². The van der Waals surface area contributed by atoms with E-state index < -0.39 is 17.6 Å². The van der Waals surface area contributed by atoms with Crippen LogP contribution in [0, 0.1) is 6.92 Å². The molecule has 30 heavy (non-hydrogen) atoms. The normalized spacial score (nSPS) is 11.2. The highest BCUT2D eigenvalue weighted by molar-refractivity contribution is 5.91. The van der Waals surface area contributed by atoms with Crippen LogP contribution in [0.25, 0.3) is 0 Å². The number of aromatic nitrogens is 1. The molecule has 0 atom stereocenters. The Labute approximate surface area is 170 Å². The number of nitrogens with zero attached hydrogens (tertiary/aromatic N) is 1. The molecular weight excluding hydrogens is 397 g/mol. The first-order valence-electron chi connectivity index (χ1n) is 9.08. The van der Waals surface area contributed by atoms with Crippen molar-refractivity contribution in [1.82, 2.24) is 4.57 Å². The number of hydrogen-bond donors (Lipinski definition) is 1. The molecule has 0 unspecified atom stereocenters. The number of carbonyl (C=O) groups excluding carboxylic acids is 1.